The van der Waals surface area contributed by atoms with Crippen LogP contribution in [0.5, 0.6) is 0 Å². The van der Waals surface area contributed by atoms with E-state index in [9.17, 15) is 0 Å². The molecule has 1 heterocycles. The first-order valence-electron chi connectivity index (χ1n) is 4.52. The third-order valence-electron chi connectivity index (χ3n) is 2.23. The van der Waals surface area contributed by atoms with Crippen LogP contribution in [0.4, 0.5) is 0 Å². The van der Waals surface area contributed by atoms with Gasteiger partial charge in [0.2, 0.25) is 0 Å². The first-order chi connectivity index (χ1) is 6.25. The Morgan fingerprint density at radius 1 is 1.54 bits per heavy atom. The summed E-state index contributed by atoms with van der Waals surface area (Å²) in [5, 5.41) is 0. The highest BCUT2D eigenvalue weighted by Gasteiger charge is 2.25. The molecular formula is C11H14O2. The Labute approximate surface area is 78.5 Å². The smallest absolute Gasteiger partial charge is 0.104 e. The molecule has 1 aliphatic heterocycles. The van der Waals surface area contributed by atoms with Crippen LogP contribution in [0.3, 0.4) is 0 Å². The number of rotatable bonds is 3. The maximum absolute atomic E-state index is 5.62. The molecule has 0 saturated carbocycles. The van der Waals surface area contributed by atoms with Gasteiger partial charge in [0.25, 0.3) is 0 Å². The predicted molar refractivity (Wildman–Crippen MR) is 51.5 cm³/mol. The zero-order valence-electron chi connectivity index (χ0n) is 7.66. The summed E-state index contributed by atoms with van der Waals surface area (Å²) in [6.45, 7) is 9.37. The van der Waals surface area contributed by atoms with Gasteiger partial charge in [0, 0.05) is 0 Å². The standard InChI is InChI=1S/C11H14O2/c1-8-3-4-11(9(2)5-8)13-7-10-6-12-10/h3-4,10-11H,1-2,5-7H2. The van der Waals surface area contributed by atoms with Crippen molar-refractivity contribution in [2.24, 2.45) is 0 Å². The summed E-state index contributed by atoms with van der Waals surface area (Å²) in [6, 6.07) is 0. The van der Waals surface area contributed by atoms with Gasteiger partial charge in [0.15, 0.2) is 0 Å². The second kappa shape index (κ2) is 3.48. The molecule has 0 aromatic rings. The second-order valence-electron chi connectivity index (χ2n) is 3.56. The third-order valence-corrected chi connectivity index (χ3v) is 2.23. The van der Waals surface area contributed by atoms with Crippen molar-refractivity contribution >= 4 is 0 Å². The topological polar surface area (TPSA) is 21.8 Å². The Bertz CT molecular complexity index is 261. The van der Waals surface area contributed by atoms with Crippen LogP contribution >= 0.6 is 0 Å². The van der Waals surface area contributed by atoms with E-state index in [0.717, 1.165) is 24.2 Å². The largest absolute Gasteiger partial charge is 0.371 e. The Hall–Kier alpha value is -0.860. The van der Waals surface area contributed by atoms with Gasteiger partial charge in [0.1, 0.15) is 6.10 Å². The zero-order valence-corrected chi connectivity index (χ0v) is 7.66. The summed E-state index contributed by atoms with van der Waals surface area (Å²) in [7, 11) is 0. The number of allylic oxidation sites excluding steroid dienone is 2. The molecular weight excluding hydrogens is 164 g/mol. The lowest BCUT2D eigenvalue weighted by molar-refractivity contribution is 0.0906. The lowest BCUT2D eigenvalue weighted by Gasteiger charge is -2.20. The van der Waals surface area contributed by atoms with Gasteiger partial charge in [-0.05, 0) is 12.0 Å². The van der Waals surface area contributed by atoms with Crippen molar-refractivity contribution in [2.75, 3.05) is 13.2 Å². The van der Waals surface area contributed by atoms with Crippen molar-refractivity contribution in [2.45, 2.75) is 18.6 Å². The van der Waals surface area contributed by atoms with Gasteiger partial charge in [0.05, 0.1) is 19.3 Å². The third kappa shape index (κ3) is 2.29. The fourth-order valence-corrected chi connectivity index (χ4v) is 1.36. The van der Waals surface area contributed by atoms with Crippen molar-refractivity contribution in [1.29, 1.82) is 0 Å². The summed E-state index contributed by atoms with van der Waals surface area (Å²) < 4.78 is 10.7. The monoisotopic (exact) mass is 178 g/mol. The molecule has 2 atom stereocenters. The average molecular weight is 178 g/mol. The molecule has 2 rings (SSSR count). The molecule has 2 heteroatoms. The van der Waals surface area contributed by atoms with Crippen LogP contribution in [-0.4, -0.2) is 25.4 Å². The van der Waals surface area contributed by atoms with Crippen LogP contribution in [0.15, 0.2) is 36.5 Å². The van der Waals surface area contributed by atoms with Gasteiger partial charge in [-0.15, -0.1) is 0 Å². The first kappa shape index (κ1) is 8.73. The van der Waals surface area contributed by atoms with E-state index in [2.05, 4.69) is 13.2 Å². The number of epoxide rings is 1. The highest BCUT2D eigenvalue weighted by molar-refractivity contribution is 5.32. The molecule has 0 aromatic heterocycles. The lowest BCUT2D eigenvalue weighted by Crippen LogP contribution is -2.18. The average Bonchev–Trinajstić information content (AvgIpc) is 2.86. The van der Waals surface area contributed by atoms with E-state index in [1.54, 1.807) is 0 Å². The fraction of sp³-hybridized carbons (Fsp3) is 0.455. The van der Waals surface area contributed by atoms with Gasteiger partial charge >= 0.3 is 0 Å². The Morgan fingerprint density at radius 2 is 2.31 bits per heavy atom. The summed E-state index contributed by atoms with van der Waals surface area (Å²) in [5.41, 5.74) is 2.20. The molecule has 0 N–H and O–H groups in total. The van der Waals surface area contributed by atoms with Gasteiger partial charge < -0.3 is 9.47 Å². The minimum atomic E-state index is 0.0645. The number of hydrogen-bond acceptors (Lipinski definition) is 2. The van der Waals surface area contributed by atoms with Crippen LogP contribution in [0.2, 0.25) is 0 Å². The van der Waals surface area contributed by atoms with Gasteiger partial charge in [-0.2, -0.15) is 0 Å². The van der Waals surface area contributed by atoms with Crippen LogP contribution in [0.25, 0.3) is 0 Å². The van der Waals surface area contributed by atoms with E-state index in [4.69, 9.17) is 9.47 Å². The normalized spacial score (nSPS) is 32.3. The molecule has 2 aliphatic rings. The molecule has 2 unspecified atom stereocenters. The molecule has 1 saturated heterocycles. The predicted octanol–water partition coefficient (Wildman–Crippen LogP) is 1.84. The van der Waals surface area contributed by atoms with Gasteiger partial charge in [-0.1, -0.05) is 30.9 Å². The van der Waals surface area contributed by atoms with Crippen LogP contribution in [0.1, 0.15) is 6.42 Å². The van der Waals surface area contributed by atoms with Crippen molar-refractivity contribution in [3.63, 3.8) is 0 Å². The van der Waals surface area contributed by atoms with E-state index < -0.39 is 0 Å². The molecule has 0 radical (unpaired) electrons. The molecule has 1 aliphatic carbocycles. The maximum Gasteiger partial charge on any atom is 0.104 e. The van der Waals surface area contributed by atoms with Crippen molar-refractivity contribution in [3.8, 4) is 0 Å². The Balaban J connectivity index is 1.86. The van der Waals surface area contributed by atoms with E-state index in [1.165, 1.54) is 0 Å². The summed E-state index contributed by atoms with van der Waals surface area (Å²) in [5.74, 6) is 0. The highest BCUT2D eigenvalue weighted by Crippen LogP contribution is 2.23. The highest BCUT2D eigenvalue weighted by atomic mass is 16.6. The molecule has 0 aromatic carbocycles. The lowest BCUT2D eigenvalue weighted by atomic mass is 9.96. The summed E-state index contributed by atoms with van der Waals surface area (Å²) >= 11 is 0. The van der Waals surface area contributed by atoms with Crippen LogP contribution in [0, 0.1) is 0 Å². The molecule has 0 amide bonds. The van der Waals surface area contributed by atoms with Crippen LogP contribution < -0.4 is 0 Å². The quantitative estimate of drug-likeness (QED) is 0.486. The van der Waals surface area contributed by atoms with E-state index in [0.29, 0.717) is 12.7 Å². The summed E-state index contributed by atoms with van der Waals surface area (Å²) in [4.78, 5) is 0. The zero-order chi connectivity index (χ0) is 9.26. The van der Waals surface area contributed by atoms with E-state index in [1.807, 2.05) is 12.2 Å². The van der Waals surface area contributed by atoms with Gasteiger partial charge in [-0.3, -0.25) is 0 Å². The fourth-order valence-electron chi connectivity index (χ4n) is 1.36. The SMILES string of the molecule is C=C1C=CC(OCC2CO2)C(=C)C1. The molecule has 2 nitrogen and oxygen atoms in total. The molecule has 13 heavy (non-hydrogen) atoms. The number of ether oxygens (including phenoxy) is 2. The minimum Gasteiger partial charge on any atom is -0.371 e. The molecule has 1 fully saturated rings. The van der Waals surface area contributed by atoms with Crippen LogP contribution in [-0.2, 0) is 9.47 Å². The van der Waals surface area contributed by atoms with Crippen molar-refractivity contribution in [3.05, 3.63) is 36.5 Å². The molecule has 0 bridgehead atoms. The Kier molecular flexibility index (Phi) is 2.34. The number of hydrogen-bond donors (Lipinski definition) is 0. The summed E-state index contributed by atoms with van der Waals surface area (Å²) in [6.07, 6.45) is 5.26. The minimum absolute atomic E-state index is 0.0645. The van der Waals surface area contributed by atoms with E-state index >= 15 is 0 Å². The second-order valence-corrected chi connectivity index (χ2v) is 3.56. The van der Waals surface area contributed by atoms with Crippen molar-refractivity contribution in [1.82, 2.24) is 0 Å². The first-order valence-corrected chi connectivity index (χ1v) is 4.52. The van der Waals surface area contributed by atoms with Gasteiger partial charge in [-0.25, -0.2) is 0 Å². The Morgan fingerprint density at radius 3 is 2.92 bits per heavy atom. The molecule has 70 valence electrons. The van der Waals surface area contributed by atoms with E-state index in [-0.39, 0.29) is 6.10 Å². The molecule has 0 spiro atoms. The maximum atomic E-state index is 5.62. The van der Waals surface area contributed by atoms with Crippen molar-refractivity contribution < 1.29 is 9.47 Å².